The van der Waals surface area contributed by atoms with Crippen molar-refractivity contribution in [3.63, 3.8) is 0 Å². The average Bonchev–Trinajstić information content (AvgIpc) is 2.66. The number of aryl methyl sites for hydroxylation is 1. The summed E-state index contributed by atoms with van der Waals surface area (Å²) in [5.41, 5.74) is 2.57. The van der Waals surface area contributed by atoms with E-state index in [2.05, 4.69) is 23.5 Å². The van der Waals surface area contributed by atoms with Gasteiger partial charge in [0.05, 0.1) is 13.2 Å². The molecule has 0 saturated heterocycles. The quantitative estimate of drug-likeness (QED) is 0.864. The molecule has 0 fully saturated rings. The van der Waals surface area contributed by atoms with E-state index in [4.69, 9.17) is 9.47 Å². The van der Waals surface area contributed by atoms with Crippen molar-refractivity contribution in [2.24, 2.45) is 0 Å². The first-order chi connectivity index (χ1) is 12.2. The predicted octanol–water partition coefficient (Wildman–Crippen LogP) is 4.05. The van der Waals surface area contributed by atoms with Gasteiger partial charge in [-0.1, -0.05) is 37.3 Å². The van der Waals surface area contributed by atoms with Crippen LogP contribution in [0.5, 0.6) is 11.5 Å². The highest BCUT2D eigenvalue weighted by molar-refractivity contribution is 5.81. The number of hydrogen-bond donors (Lipinski definition) is 1. The minimum Gasteiger partial charge on any atom is -0.497 e. The Bertz CT molecular complexity index is 729. The number of carbonyl (C=O) groups is 1. The second-order valence-corrected chi connectivity index (χ2v) is 6.35. The number of carbonyl (C=O) groups excluding carboxylic acids is 1. The number of rotatable bonds is 6. The van der Waals surface area contributed by atoms with E-state index in [1.54, 1.807) is 13.2 Å². The van der Waals surface area contributed by atoms with Crippen molar-refractivity contribution in [3.8, 4) is 11.5 Å². The summed E-state index contributed by atoms with van der Waals surface area (Å²) in [6.45, 7) is 1.96. The Hall–Kier alpha value is -2.49. The molecule has 1 aliphatic rings. The number of amides is 1. The Morgan fingerprint density at radius 3 is 2.80 bits per heavy atom. The second-order valence-electron chi connectivity index (χ2n) is 6.35. The van der Waals surface area contributed by atoms with Crippen LogP contribution in [0.25, 0.3) is 0 Å². The summed E-state index contributed by atoms with van der Waals surface area (Å²) in [6.07, 6.45) is 3.24. The van der Waals surface area contributed by atoms with Gasteiger partial charge in [0.15, 0.2) is 6.10 Å². The van der Waals surface area contributed by atoms with Crippen LogP contribution in [0, 0.1) is 0 Å². The van der Waals surface area contributed by atoms with E-state index in [1.807, 2.05) is 31.2 Å². The van der Waals surface area contributed by atoms with Gasteiger partial charge in [-0.25, -0.2) is 0 Å². The molecule has 0 aliphatic heterocycles. The fourth-order valence-electron chi connectivity index (χ4n) is 3.33. The Morgan fingerprint density at radius 2 is 2.00 bits per heavy atom. The van der Waals surface area contributed by atoms with Gasteiger partial charge in [-0.3, -0.25) is 4.79 Å². The molecule has 25 heavy (non-hydrogen) atoms. The largest absolute Gasteiger partial charge is 0.497 e. The van der Waals surface area contributed by atoms with E-state index < -0.39 is 6.10 Å². The zero-order valence-electron chi connectivity index (χ0n) is 14.8. The van der Waals surface area contributed by atoms with Crippen molar-refractivity contribution < 1.29 is 14.3 Å². The first kappa shape index (κ1) is 17.3. The zero-order valence-corrected chi connectivity index (χ0v) is 14.8. The van der Waals surface area contributed by atoms with Crippen LogP contribution >= 0.6 is 0 Å². The number of benzene rings is 2. The molecule has 0 heterocycles. The van der Waals surface area contributed by atoms with Gasteiger partial charge in [-0.15, -0.1) is 0 Å². The molecule has 0 bridgehead atoms. The van der Waals surface area contributed by atoms with Gasteiger partial charge in [0.1, 0.15) is 11.5 Å². The molecular weight excluding hydrogens is 314 g/mol. The van der Waals surface area contributed by atoms with Crippen LogP contribution in [0.3, 0.4) is 0 Å². The lowest BCUT2D eigenvalue weighted by Gasteiger charge is -2.28. The molecule has 2 unspecified atom stereocenters. The molecule has 1 N–H and O–H groups in total. The number of hydrogen-bond acceptors (Lipinski definition) is 3. The van der Waals surface area contributed by atoms with Crippen molar-refractivity contribution in [3.05, 3.63) is 59.7 Å². The van der Waals surface area contributed by atoms with E-state index in [0.29, 0.717) is 17.9 Å². The van der Waals surface area contributed by atoms with E-state index in [9.17, 15) is 4.79 Å². The summed E-state index contributed by atoms with van der Waals surface area (Å²) >= 11 is 0. The van der Waals surface area contributed by atoms with Crippen LogP contribution in [0.4, 0.5) is 0 Å². The van der Waals surface area contributed by atoms with Crippen molar-refractivity contribution in [2.75, 3.05) is 7.11 Å². The van der Waals surface area contributed by atoms with Crippen LogP contribution in [0.1, 0.15) is 43.4 Å². The third-order valence-electron chi connectivity index (χ3n) is 4.67. The standard InChI is InChI=1S/C21H25NO3/c1-3-20(25-17-11-7-10-16(14-17)24-2)21(23)22-19-13-6-9-15-8-4-5-12-18(15)19/h4-5,7-8,10-12,14,19-20H,3,6,9,13H2,1-2H3,(H,22,23). The van der Waals surface area contributed by atoms with Crippen molar-refractivity contribution in [1.82, 2.24) is 5.32 Å². The monoisotopic (exact) mass is 339 g/mol. The van der Waals surface area contributed by atoms with E-state index in [1.165, 1.54) is 11.1 Å². The van der Waals surface area contributed by atoms with Gasteiger partial charge >= 0.3 is 0 Å². The van der Waals surface area contributed by atoms with E-state index in [0.717, 1.165) is 19.3 Å². The third kappa shape index (κ3) is 4.13. The maximum Gasteiger partial charge on any atom is 0.261 e. The SMILES string of the molecule is CCC(Oc1cccc(OC)c1)C(=O)NC1CCCc2ccccc21. The topological polar surface area (TPSA) is 47.6 Å². The summed E-state index contributed by atoms with van der Waals surface area (Å²) in [7, 11) is 1.61. The highest BCUT2D eigenvalue weighted by atomic mass is 16.5. The fraction of sp³-hybridized carbons (Fsp3) is 0.381. The molecule has 1 amide bonds. The van der Waals surface area contributed by atoms with Gasteiger partial charge in [0, 0.05) is 6.07 Å². The van der Waals surface area contributed by atoms with Gasteiger partial charge in [-0.2, -0.15) is 0 Å². The average molecular weight is 339 g/mol. The lowest BCUT2D eigenvalue weighted by molar-refractivity contribution is -0.129. The number of nitrogens with one attached hydrogen (secondary N) is 1. The Balaban J connectivity index is 1.69. The highest BCUT2D eigenvalue weighted by Crippen LogP contribution is 2.29. The summed E-state index contributed by atoms with van der Waals surface area (Å²) in [5.74, 6) is 1.30. The summed E-state index contributed by atoms with van der Waals surface area (Å²) in [5, 5.41) is 3.18. The lowest BCUT2D eigenvalue weighted by Crippen LogP contribution is -2.40. The first-order valence-electron chi connectivity index (χ1n) is 8.90. The van der Waals surface area contributed by atoms with E-state index in [-0.39, 0.29) is 11.9 Å². The van der Waals surface area contributed by atoms with Crippen LogP contribution in [-0.4, -0.2) is 19.1 Å². The molecular formula is C21H25NO3. The van der Waals surface area contributed by atoms with Crippen molar-refractivity contribution in [1.29, 1.82) is 0 Å². The van der Waals surface area contributed by atoms with Crippen LogP contribution in [-0.2, 0) is 11.2 Å². The molecule has 1 aliphatic carbocycles. The van der Waals surface area contributed by atoms with Gasteiger partial charge in [0.2, 0.25) is 0 Å². The molecule has 132 valence electrons. The first-order valence-corrected chi connectivity index (χ1v) is 8.90. The van der Waals surface area contributed by atoms with E-state index >= 15 is 0 Å². The lowest BCUT2D eigenvalue weighted by atomic mass is 9.87. The zero-order chi connectivity index (χ0) is 17.6. The minimum atomic E-state index is -0.513. The molecule has 3 rings (SSSR count). The highest BCUT2D eigenvalue weighted by Gasteiger charge is 2.25. The number of fused-ring (bicyclic) bond motifs is 1. The van der Waals surface area contributed by atoms with Crippen LogP contribution < -0.4 is 14.8 Å². The van der Waals surface area contributed by atoms with Crippen molar-refractivity contribution >= 4 is 5.91 Å². The molecule has 2 aromatic rings. The molecule has 2 atom stereocenters. The Morgan fingerprint density at radius 1 is 1.20 bits per heavy atom. The van der Waals surface area contributed by atoms with Crippen LogP contribution in [0.15, 0.2) is 48.5 Å². The number of methoxy groups -OCH3 is 1. The third-order valence-corrected chi connectivity index (χ3v) is 4.67. The smallest absolute Gasteiger partial charge is 0.261 e. The Labute approximate surface area is 149 Å². The fourth-order valence-corrected chi connectivity index (χ4v) is 3.33. The van der Waals surface area contributed by atoms with Gasteiger partial charge in [0.25, 0.3) is 5.91 Å². The second kappa shape index (κ2) is 8.06. The molecule has 4 heteroatoms. The molecule has 0 saturated carbocycles. The van der Waals surface area contributed by atoms with Gasteiger partial charge in [-0.05, 0) is 48.9 Å². The van der Waals surface area contributed by atoms with Gasteiger partial charge < -0.3 is 14.8 Å². The molecule has 0 aromatic heterocycles. The predicted molar refractivity (Wildman–Crippen MR) is 98.0 cm³/mol. The van der Waals surface area contributed by atoms with Crippen molar-refractivity contribution in [2.45, 2.75) is 44.8 Å². The van der Waals surface area contributed by atoms with Crippen LogP contribution in [0.2, 0.25) is 0 Å². The molecule has 2 aromatic carbocycles. The maximum atomic E-state index is 12.7. The normalized spacial score (nSPS) is 17.3. The maximum absolute atomic E-state index is 12.7. The number of ether oxygens (including phenoxy) is 2. The minimum absolute atomic E-state index is 0.0629. The summed E-state index contributed by atoms with van der Waals surface area (Å²) in [4.78, 5) is 12.7. The summed E-state index contributed by atoms with van der Waals surface area (Å²) in [6, 6.07) is 15.8. The Kier molecular flexibility index (Phi) is 5.59. The molecule has 4 nitrogen and oxygen atoms in total. The molecule has 0 spiro atoms. The summed E-state index contributed by atoms with van der Waals surface area (Å²) < 4.78 is 11.1. The molecule has 0 radical (unpaired) electrons.